The second kappa shape index (κ2) is 4.51. The van der Waals surface area contributed by atoms with Gasteiger partial charge in [-0.25, -0.2) is 13.6 Å². The molecule has 0 bridgehead atoms. The molecule has 6 heteroatoms. The summed E-state index contributed by atoms with van der Waals surface area (Å²) >= 11 is 0. The van der Waals surface area contributed by atoms with Crippen molar-refractivity contribution in [2.24, 2.45) is 5.14 Å². The van der Waals surface area contributed by atoms with E-state index in [1.165, 1.54) is 18.2 Å². The van der Waals surface area contributed by atoms with Crippen LogP contribution in [0.4, 0.5) is 0 Å². The molecular formula is C10H12N2O3S. The summed E-state index contributed by atoms with van der Waals surface area (Å²) in [6.45, 7) is 3.21. The van der Waals surface area contributed by atoms with E-state index in [4.69, 9.17) is 15.1 Å². The molecule has 0 aliphatic heterocycles. The number of rotatable bonds is 3. The van der Waals surface area contributed by atoms with Gasteiger partial charge in [0.25, 0.3) is 0 Å². The Bertz CT molecular complexity index is 531. The molecule has 1 aromatic rings. The van der Waals surface area contributed by atoms with Crippen molar-refractivity contribution < 1.29 is 13.2 Å². The fraction of sp³-hybridized carbons (Fsp3) is 0.300. The van der Waals surface area contributed by atoms with E-state index in [2.05, 4.69) is 0 Å². The Balaban J connectivity index is 3.06. The van der Waals surface area contributed by atoms with Crippen LogP contribution >= 0.6 is 0 Å². The van der Waals surface area contributed by atoms with E-state index >= 15 is 0 Å². The highest BCUT2D eigenvalue weighted by Gasteiger charge is 2.12. The molecule has 1 unspecified atom stereocenters. The first kappa shape index (κ1) is 12.5. The number of hydrogen-bond acceptors (Lipinski definition) is 4. The average molecular weight is 240 g/mol. The molecule has 0 aliphatic carbocycles. The minimum Gasteiger partial charge on any atom is -0.476 e. The summed E-state index contributed by atoms with van der Waals surface area (Å²) in [5, 5.41) is 13.6. The fourth-order valence-electron chi connectivity index (χ4n) is 1.24. The van der Waals surface area contributed by atoms with Crippen molar-refractivity contribution in [2.75, 3.05) is 0 Å². The molecule has 0 spiro atoms. The van der Waals surface area contributed by atoms with Crippen molar-refractivity contribution in [3.05, 3.63) is 23.8 Å². The average Bonchev–Trinajstić information content (AvgIpc) is 2.15. The van der Waals surface area contributed by atoms with Crippen LogP contribution in [0.2, 0.25) is 0 Å². The predicted molar refractivity (Wildman–Crippen MR) is 58.3 cm³/mol. The number of nitrogens with zero attached hydrogens (tertiary/aromatic N) is 1. The lowest BCUT2D eigenvalue weighted by Crippen LogP contribution is -2.14. The molecule has 0 amide bonds. The Kier molecular flexibility index (Phi) is 3.52. The molecule has 5 nitrogen and oxygen atoms in total. The molecule has 0 fully saturated rings. The summed E-state index contributed by atoms with van der Waals surface area (Å²) in [6, 6.07) is 6.29. The normalized spacial score (nSPS) is 12.9. The van der Waals surface area contributed by atoms with Crippen molar-refractivity contribution in [2.45, 2.75) is 24.8 Å². The zero-order valence-electron chi connectivity index (χ0n) is 8.97. The van der Waals surface area contributed by atoms with Crippen LogP contribution < -0.4 is 9.88 Å². The monoisotopic (exact) mass is 240 g/mol. The van der Waals surface area contributed by atoms with Gasteiger partial charge in [-0.05, 0) is 37.6 Å². The number of nitrogens with two attached hydrogens (primary N) is 1. The summed E-state index contributed by atoms with van der Waals surface area (Å²) in [4.78, 5) is 0.0597. The Hall–Kier alpha value is -1.58. The van der Waals surface area contributed by atoms with E-state index in [0.717, 1.165) is 0 Å². The van der Waals surface area contributed by atoms with E-state index in [1.54, 1.807) is 13.8 Å². The van der Waals surface area contributed by atoms with Gasteiger partial charge in [-0.3, -0.25) is 0 Å². The molecule has 0 aliphatic rings. The van der Waals surface area contributed by atoms with E-state index in [1.807, 2.05) is 6.07 Å². The quantitative estimate of drug-likeness (QED) is 0.850. The molecule has 86 valence electrons. The molecule has 0 saturated carbocycles. The molecule has 1 rings (SSSR count). The summed E-state index contributed by atoms with van der Waals surface area (Å²) in [6.07, 6.45) is -0.584. The maximum absolute atomic E-state index is 11.1. The number of benzene rings is 1. The lowest BCUT2D eigenvalue weighted by atomic mass is 10.2. The van der Waals surface area contributed by atoms with Gasteiger partial charge < -0.3 is 4.74 Å². The van der Waals surface area contributed by atoms with E-state index in [0.29, 0.717) is 11.3 Å². The predicted octanol–water partition coefficient (Wildman–Crippen LogP) is 0.933. The van der Waals surface area contributed by atoms with Crippen LogP contribution in [0.25, 0.3) is 0 Å². The number of primary sulfonamides is 1. The first-order valence-corrected chi connectivity index (χ1v) is 6.09. The summed E-state index contributed by atoms with van der Waals surface area (Å²) in [5.74, 6) is 0.443. The molecular weight excluding hydrogens is 228 g/mol. The van der Waals surface area contributed by atoms with Crippen LogP contribution in [0.5, 0.6) is 5.75 Å². The smallest absolute Gasteiger partial charge is 0.238 e. The number of hydrogen-bond donors (Lipinski definition) is 1. The third-order valence-electron chi connectivity index (χ3n) is 1.95. The van der Waals surface area contributed by atoms with E-state index < -0.39 is 16.1 Å². The van der Waals surface area contributed by atoms with Crippen molar-refractivity contribution in [1.82, 2.24) is 0 Å². The Morgan fingerprint density at radius 1 is 1.50 bits per heavy atom. The van der Waals surface area contributed by atoms with Gasteiger partial charge >= 0.3 is 0 Å². The molecule has 0 radical (unpaired) electrons. The van der Waals surface area contributed by atoms with Gasteiger partial charge in [0, 0.05) is 0 Å². The number of ether oxygens (including phenoxy) is 1. The van der Waals surface area contributed by atoms with Crippen LogP contribution in [0.3, 0.4) is 0 Å². The van der Waals surface area contributed by atoms with Crippen molar-refractivity contribution >= 4 is 10.0 Å². The standard InChI is InChI=1S/C10H12N2O3S/c1-7-5-9(15-8(2)6-11)3-4-10(7)16(12,13)14/h3-5,8H,1-2H3,(H2,12,13,14). The van der Waals surface area contributed by atoms with Gasteiger partial charge in [0.2, 0.25) is 10.0 Å². The largest absolute Gasteiger partial charge is 0.476 e. The van der Waals surface area contributed by atoms with E-state index in [9.17, 15) is 8.42 Å². The highest BCUT2D eigenvalue weighted by Crippen LogP contribution is 2.20. The van der Waals surface area contributed by atoms with Crippen LogP contribution in [0.1, 0.15) is 12.5 Å². The van der Waals surface area contributed by atoms with Gasteiger partial charge in [0.1, 0.15) is 11.8 Å². The van der Waals surface area contributed by atoms with Crippen LogP contribution in [-0.4, -0.2) is 14.5 Å². The summed E-state index contributed by atoms with van der Waals surface area (Å²) in [7, 11) is -3.70. The lowest BCUT2D eigenvalue weighted by molar-refractivity contribution is 0.276. The molecule has 1 aromatic carbocycles. The van der Waals surface area contributed by atoms with Crippen LogP contribution in [0.15, 0.2) is 23.1 Å². The van der Waals surface area contributed by atoms with Gasteiger partial charge in [0.15, 0.2) is 6.10 Å². The fourth-order valence-corrected chi connectivity index (χ4v) is 2.01. The molecule has 2 N–H and O–H groups in total. The third kappa shape index (κ3) is 2.95. The topological polar surface area (TPSA) is 93.2 Å². The second-order valence-electron chi connectivity index (χ2n) is 3.36. The summed E-state index contributed by atoms with van der Waals surface area (Å²) < 4.78 is 27.5. The van der Waals surface area contributed by atoms with Crippen molar-refractivity contribution in [1.29, 1.82) is 5.26 Å². The third-order valence-corrected chi connectivity index (χ3v) is 3.02. The highest BCUT2D eigenvalue weighted by atomic mass is 32.2. The molecule has 16 heavy (non-hydrogen) atoms. The van der Waals surface area contributed by atoms with Crippen molar-refractivity contribution in [3.63, 3.8) is 0 Å². The first-order valence-electron chi connectivity index (χ1n) is 4.54. The van der Waals surface area contributed by atoms with Crippen LogP contribution in [-0.2, 0) is 10.0 Å². The van der Waals surface area contributed by atoms with Crippen molar-refractivity contribution in [3.8, 4) is 11.8 Å². The number of aryl methyl sites for hydroxylation is 1. The number of sulfonamides is 1. The minimum atomic E-state index is -3.70. The molecule has 0 heterocycles. The molecule has 1 atom stereocenters. The maximum atomic E-state index is 11.1. The SMILES string of the molecule is Cc1cc(OC(C)C#N)ccc1S(N)(=O)=O. The zero-order valence-corrected chi connectivity index (χ0v) is 9.78. The lowest BCUT2D eigenvalue weighted by Gasteiger charge is -2.10. The van der Waals surface area contributed by atoms with Gasteiger partial charge in [-0.2, -0.15) is 5.26 Å². The Morgan fingerprint density at radius 2 is 2.12 bits per heavy atom. The summed E-state index contributed by atoms with van der Waals surface area (Å²) in [5.41, 5.74) is 0.491. The molecule has 0 aromatic heterocycles. The van der Waals surface area contributed by atoms with Crippen LogP contribution in [0, 0.1) is 18.3 Å². The Labute approximate surface area is 94.5 Å². The number of nitriles is 1. The second-order valence-corrected chi connectivity index (χ2v) is 4.89. The maximum Gasteiger partial charge on any atom is 0.238 e. The minimum absolute atomic E-state index is 0.0597. The van der Waals surface area contributed by atoms with Gasteiger partial charge in [-0.1, -0.05) is 0 Å². The highest BCUT2D eigenvalue weighted by molar-refractivity contribution is 7.89. The zero-order chi connectivity index (χ0) is 12.3. The van der Waals surface area contributed by atoms with E-state index in [-0.39, 0.29) is 4.90 Å². The van der Waals surface area contributed by atoms with Gasteiger partial charge in [0.05, 0.1) is 4.90 Å². The first-order chi connectivity index (χ1) is 7.34. The Morgan fingerprint density at radius 3 is 2.56 bits per heavy atom. The molecule has 0 saturated heterocycles. The van der Waals surface area contributed by atoms with Gasteiger partial charge in [-0.15, -0.1) is 0 Å².